The smallest absolute Gasteiger partial charge is 0.0461 e. The Bertz CT molecular complexity index is 1090. The fraction of sp³-hybridized carbons (Fsp3) is 0.312. The number of benzene rings is 3. The van der Waals surface area contributed by atoms with Gasteiger partial charge in [-0.3, -0.25) is 0 Å². The Kier molecular flexibility index (Phi) is 7.32. The summed E-state index contributed by atoms with van der Waals surface area (Å²) < 4.78 is 0. The van der Waals surface area contributed by atoms with E-state index in [1.165, 1.54) is 22.3 Å². The van der Waals surface area contributed by atoms with Gasteiger partial charge in [0.05, 0.1) is 0 Å². The third-order valence-electron chi connectivity index (χ3n) is 6.18. The van der Waals surface area contributed by atoms with Crippen LogP contribution in [-0.2, 0) is 10.8 Å². The summed E-state index contributed by atoms with van der Waals surface area (Å²) in [7, 11) is 0. The molecule has 0 spiro atoms. The number of anilines is 3. The van der Waals surface area contributed by atoms with Gasteiger partial charge in [0.1, 0.15) is 0 Å². The monoisotopic (exact) mass is 437 g/mol. The third-order valence-corrected chi connectivity index (χ3v) is 6.18. The van der Waals surface area contributed by atoms with E-state index in [0.29, 0.717) is 0 Å². The molecule has 33 heavy (non-hydrogen) atoms. The molecule has 0 bridgehead atoms. The Morgan fingerprint density at radius 1 is 0.697 bits per heavy atom. The van der Waals surface area contributed by atoms with Crippen LogP contribution in [0.1, 0.15) is 66.0 Å². The number of para-hydroxylation sites is 1. The normalized spacial score (nSPS) is 11.7. The summed E-state index contributed by atoms with van der Waals surface area (Å²) in [6, 6.07) is 28.6. The SMILES string of the molecule is C=C(C)CC(C)(C)c1ccc(N(c2ccccc2)c2ccc(C(C)(C)C=C(C)C)cc2)cc1. The number of allylic oxidation sites excluding steroid dienone is 3. The topological polar surface area (TPSA) is 3.24 Å². The van der Waals surface area contributed by atoms with Gasteiger partial charge in [0.2, 0.25) is 0 Å². The zero-order chi connectivity index (χ0) is 24.2. The minimum absolute atomic E-state index is 0.00541. The molecule has 0 fully saturated rings. The maximum Gasteiger partial charge on any atom is 0.0461 e. The van der Waals surface area contributed by atoms with Crippen molar-refractivity contribution in [1.82, 2.24) is 0 Å². The van der Waals surface area contributed by atoms with E-state index < -0.39 is 0 Å². The zero-order valence-corrected chi connectivity index (χ0v) is 21.4. The molecule has 0 unspecified atom stereocenters. The van der Waals surface area contributed by atoms with Crippen LogP contribution in [0.5, 0.6) is 0 Å². The molecule has 1 nitrogen and oxygen atoms in total. The highest BCUT2D eigenvalue weighted by atomic mass is 15.1. The van der Waals surface area contributed by atoms with Gasteiger partial charge in [0, 0.05) is 22.5 Å². The number of nitrogens with zero attached hydrogens (tertiary/aromatic N) is 1. The van der Waals surface area contributed by atoms with Crippen LogP contribution in [0.3, 0.4) is 0 Å². The van der Waals surface area contributed by atoms with Crippen LogP contribution in [-0.4, -0.2) is 0 Å². The van der Waals surface area contributed by atoms with E-state index in [0.717, 1.165) is 23.5 Å². The van der Waals surface area contributed by atoms with Crippen LogP contribution in [0.4, 0.5) is 17.1 Å². The average molecular weight is 438 g/mol. The van der Waals surface area contributed by atoms with E-state index in [1.807, 2.05) is 0 Å². The van der Waals surface area contributed by atoms with Gasteiger partial charge in [-0.2, -0.15) is 0 Å². The quantitative estimate of drug-likeness (QED) is 0.317. The molecule has 3 rings (SSSR count). The molecule has 3 aromatic carbocycles. The summed E-state index contributed by atoms with van der Waals surface area (Å²) in [4.78, 5) is 2.33. The summed E-state index contributed by atoms with van der Waals surface area (Å²) >= 11 is 0. The fourth-order valence-corrected chi connectivity index (χ4v) is 4.79. The van der Waals surface area contributed by atoms with Crippen molar-refractivity contribution in [1.29, 1.82) is 0 Å². The van der Waals surface area contributed by atoms with Crippen LogP contribution in [0, 0.1) is 0 Å². The predicted octanol–water partition coefficient (Wildman–Crippen LogP) is 9.64. The highest BCUT2D eigenvalue weighted by Gasteiger charge is 2.22. The van der Waals surface area contributed by atoms with E-state index in [9.17, 15) is 0 Å². The Hall–Kier alpha value is -3.06. The molecule has 0 radical (unpaired) electrons. The lowest BCUT2D eigenvalue weighted by Gasteiger charge is -2.29. The lowest BCUT2D eigenvalue weighted by molar-refractivity contribution is 0.520. The van der Waals surface area contributed by atoms with Gasteiger partial charge >= 0.3 is 0 Å². The molecule has 0 aliphatic carbocycles. The maximum absolute atomic E-state index is 4.12. The van der Waals surface area contributed by atoms with Gasteiger partial charge in [0.25, 0.3) is 0 Å². The lowest BCUT2D eigenvalue weighted by Crippen LogP contribution is -2.18. The van der Waals surface area contributed by atoms with Gasteiger partial charge < -0.3 is 4.90 Å². The average Bonchev–Trinajstić information content (AvgIpc) is 2.74. The first-order chi connectivity index (χ1) is 15.5. The van der Waals surface area contributed by atoms with E-state index in [2.05, 4.69) is 145 Å². The Morgan fingerprint density at radius 3 is 1.61 bits per heavy atom. The molecule has 0 aromatic heterocycles. The Morgan fingerprint density at radius 2 is 1.15 bits per heavy atom. The van der Waals surface area contributed by atoms with Crippen molar-refractivity contribution in [2.24, 2.45) is 0 Å². The van der Waals surface area contributed by atoms with E-state index in [4.69, 9.17) is 0 Å². The molecule has 3 aromatic rings. The summed E-state index contributed by atoms with van der Waals surface area (Å²) in [6.07, 6.45) is 3.32. The first-order valence-corrected chi connectivity index (χ1v) is 11.9. The van der Waals surface area contributed by atoms with Crippen LogP contribution >= 0.6 is 0 Å². The molecule has 0 saturated carbocycles. The maximum atomic E-state index is 4.12. The highest BCUT2D eigenvalue weighted by molar-refractivity contribution is 5.76. The first-order valence-electron chi connectivity index (χ1n) is 11.9. The molecule has 0 saturated heterocycles. The molecule has 0 aliphatic rings. The molecule has 172 valence electrons. The van der Waals surface area contributed by atoms with Gasteiger partial charge in [0.15, 0.2) is 0 Å². The molecule has 0 heterocycles. The summed E-state index contributed by atoms with van der Waals surface area (Å²) in [5.74, 6) is 0. The predicted molar refractivity (Wildman–Crippen MR) is 146 cm³/mol. The standard InChI is InChI=1S/C32H39N/c1-24(2)22-31(5,6)26-14-18-29(19-15-26)33(28-12-10-9-11-13-28)30-20-16-27(17-21-30)32(7,8)23-25(3)4/h9-21,23H,1,22H2,2-8H3. The molecular weight excluding hydrogens is 398 g/mol. The van der Waals surface area contributed by atoms with Crippen LogP contribution in [0.15, 0.2) is 103 Å². The number of hydrogen-bond donors (Lipinski definition) is 0. The number of rotatable bonds is 8. The van der Waals surface area contributed by atoms with Crippen molar-refractivity contribution in [3.63, 3.8) is 0 Å². The second-order valence-electron chi connectivity index (χ2n) is 10.7. The second-order valence-corrected chi connectivity index (χ2v) is 10.7. The van der Waals surface area contributed by atoms with Crippen molar-refractivity contribution in [2.45, 2.75) is 65.7 Å². The van der Waals surface area contributed by atoms with E-state index in [-0.39, 0.29) is 10.8 Å². The molecule has 1 heteroatoms. The molecule has 0 atom stereocenters. The lowest BCUT2D eigenvalue weighted by atomic mass is 9.79. The van der Waals surface area contributed by atoms with Crippen LogP contribution < -0.4 is 4.90 Å². The van der Waals surface area contributed by atoms with E-state index >= 15 is 0 Å². The van der Waals surface area contributed by atoms with Gasteiger partial charge in [-0.15, -0.1) is 6.58 Å². The summed E-state index contributed by atoms with van der Waals surface area (Å²) in [5, 5.41) is 0. The highest BCUT2D eigenvalue weighted by Crippen LogP contribution is 2.38. The van der Waals surface area contributed by atoms with E-state index in [1.54, 1.807) is 0 Å². The van der Waals surface area contributed by atoms with Gasteiger partial charge in [-0.25, -0.2) is 0 Å². The van der Waals surface area contributed by atoms with Crippen molar-refractivity contribution < 1.29 is 0 Å². The van der Waals surface area contributed by atoms with Crippen molar-refractivity contribution in [3.8, 4) is 0 Å². The second kappa shape index (κ2) is 9.83. The first kappa shape index (κ1) is 24.6. The molecule has 0 aliphatic heterocycles. The minimum Gasteiger partial charge on any atom is -0.311 e. The van der Waals surface area contributed by atoms with Crippen LogP contribution in [0.2, 0.25) is 0 Å². The molecular formula is C32H39N. The van der Waals surface area contributed by atoms with Crippen molar-refractivity contribution in [2.75, 3.05) is 4.90 Å². The van der Waals surface area contributed by atoms with Crippen LogP contribution in [0.25, 0.3) is 0 Å². The molecule has 0 N–H and O–H groups in total. The van der Waals surface area contributed by atoms with Crippen molar-refractivity contribution >= 4 is 17.1 Å². The number of hydrogen-bond acceptors (Lipinski definition) is 1. The Balaban J connectivity index is 2.01. The fourth-order valence-electron chi connectivity index (χ4n) is 4.79. The van der Waals surface area contributed by atoms with Gasteiger partial charge in [-0.05, 0) is 80.1 Å². The van der Waals surface area contributed by atoms with Gasteiger partial charge in [-0.1, -0.05) is 87.4 Å². The summed E-state index contributed by atoms with van der Waals surface area (Å²) in [5.41, 5.74) is 8.75. The Labute approximate surface area is 201 Å². The largest absolute Gasteiger partial charge is 0.311 e. The zero-order valence-electron chi connectivity index (χ0n) is 21.4. The molecule has 0 amide bonds. The third kappa shape index (κ3) is 6.05. The van der Waals surface area contributed by atoms with Crippen molar-refractivity contribution in [3.05, 3.63) is 114 Å². The summed E-state index contributed by atoms with van der Waals surface area (Å²) in [6.45, 7) is 19.7. The minimum atomic E-state index is 0.00541.